The topological polar surface area (TPSA) is 73.1 Å². The van der Waals surface area contributed by atoms with Crippen LogP contribution < -0.4 is 0 Å². The van der Waals surface area contributed by atoms with Crippen molar-refractivity contribution < 1.29 is 24.4 Å². The zero-order valence-corrected chi connectivity index (χ0v) is 15.5. The second kappa shape index (κ2) is 6.49. The molecular weight excluding hydrogens is 346 g/mol. The van der Waals surface area contributed by atoms with Gasteiger partial charge >= 0.3 is 0 Å². The molecule has 2 N–H and O–H groups in total. The van der Waals surface area contributed by atoms with E-state index in [1.165, 1.54) is 0 Å². The Morgan fingerprint density at radius 1 is 1.30 bits per heavy atom. The number of aliphatic hydroxyl groups excluding tert-OH is 1. The second-order valence-electron chi connectivity index (χ2n) is 7.57. The molecular formula is C21H25NO5. The van der Waals surface area contributed by atoms with Gasteiger partial charge in [0.05, 0.1) is 6.61 Å². The standard InChI is InChI=1S/C21H25NO5/c1-14-21(24,19(23)18(26-14)17-13-25-20(2,3)27-17)10-6-11-22-12-9-15-7-4-5-8-16(15)22/h4-10,12,17-19,23-24H,1,11,13H2,2-3H3/b10-6+/t17-,18-,19+,21+/m1/s1. The number of nitrogens with zero attached hydrogens (tertiary/aromatic N) is 1. The number of hydrogen-bond donors (Lipinski definition) is 2. The average Bonchev–Trinajstić information content (AvgIpc) is 3.27. The van der Waals surface area contributed by atoms with Gasteiger partial charge in [0.2, 0.25) is 0 Å². The van der Waals surface area contributed by atoms with Gasteiger partial charge in [-0.05, 0) is 37.4 Å². The first-order valence-corrected chi connectivity index (χ1v) is 9.10. The molecule has 0 radical (unpaired) electrons. The van der Waals surface area contributed by atoms with Gasteiger partial charge < -0.3 is 29.0 Å². The van der Waals surface area contributed by atoms with E-state index in [4.69, 9.17) is 14.2 Å². The monoisotopic (exact) mass is 371 g/mol. The van der Waals surface area contributed by atoms with Crippen LogP contribution in [0.2, 0.25) is 0 Å². The Morgan fingerprint density at radius 2 is 2.07 bits per heavy atom. The zero-order chi connectivity index (χ0) is 19.2. The summed E-state index contributed by atoms with van der Waals surface area (Å²) in [4.78, 5) is 0. The summed E-state index contributed by atoms with van der Waals surface area (Å²) in [6.07, 6.45) is 2.96. The van der Waals surface area contributed by atoms with Crippen molar-refractivity contribution in [3.05, 3.63) is 61.0 Å². The van der Waals surface area contributed by atoms with Gasteiger partial charge in [-0.25, -0.2) is 0 Å². The summed E-state index contributed by atoms with van der Waals surface area (Å²) in [5.41, 5.74) is -0.559. The first-order valence-electron chi connectivity index (χ1n) is 9.10. The summed E-state index contributed by atoms with van der Waals surface area (Å²) < 4.78 is 19.0. The Balaban J connectivity index is 1.49. The van der Waals surface area contributed by atoms with Crippen molar-refractivity contribution in [1.82, 2.24) is 4.57 Å². The van der Waals surface area contributed by atoms with Crippen LogP contribution in [0.5, 0.6) is 0 Å². The molecule has 2 saturated heterocycles. The number of allylic oxidation sites excluding steroid dienone is 1. The molecule has 0 aliphatic carbocycles. The normalized spacial score (nSPS) is 33.2. The number of ether oxygens (including phenoxy) is 3. The fourth-order valence-electron chi connectivity index (χ4n) is 3.73. The quantitative estimate of drug-likeness (QED) is 0.807. The molecule has 3 heterocycles. The largest absolute Gasteiger partial charge is 0.486 e. The van der Waals surface area contributed by atoms with E-state index >= 15 is 0 Å². The van der Waals surface area contributed by atoms with Crippen molar-refractivity contribution in [2.75, 3.05) is 6.61 Å². The average molecular weight is 371 g/mol. The summed E-state index contributed by atoms with van der Waals surface area (Å²) in [7, 11) is 0. The van der Waals surface area contributed by atoms with E-state index in [-0.39, 0.29) is 12.4 Å². The van der Waals surface area contributed by atoms with E-state index in [1.807, 2.05) is 36.5 Å². The van der Waals surface area contributed by atoms with Gasteiger partial charge in [0.15, 0.2) is 17.5 Å². The van der Waals surface area contributed by atoms with E-state index in [1.54, 1.807) is 19.9 Å². The number of aliphatic hydroxyl groups is 2. The van der Waals surface area contributed by atoms with Gasteiger partial charge in [-0.3, -0.25) is 0 Å². The molecule has 6 nitrogen and oxygen atoms in total. The van der Waals surface area contributed by atoms with Crippen LogP contribution in [0.15, 0.2) is 61.0 Å². The lowest BCUT2D eigenvalue weighted by Crippen LogP contribution is -2.46. The van der Waals surface area contributed by atoms with E-state index < -0.39 is 29.7 Å². The Hall–Kier alpha value is -2.12. The summed E-state index contributed by atoms with van der Waals surface area (Å²) in [6.45, 7) is 8.24. The minimum atomic E-state index is -1.66. The van der Waals surface area contributed by atoms with Crippen LogP contribution in [-0.4, -0.2) is 51.1 Å². The van der Waals surface area contributed by atoms with Crippen LogP contribution >= 0.6 is 0 Å². The van der Waals surface area contributed by atoms with Gasteiger partial charge in [-0.2, -0.15) is 0 Å². The highest BCUT2D eigenvalue weighted by Gasteiger charge is 2.55. The molecule has 2 aliphatic rings. The van der Waals surface area contributed by atoms with Crippen LogP contribution in [0.1, 0.15) is 13.8 Å². The molecule has 0 spiro atoms. The van der Waals surface area contributed by atoms with Crippen molar-refractivity contribution >= 4 is 10.9 Å². The zero-order valence-electron chi connectivity index (χ0n) is 15.5. The molecule has 2 aliphatic heterocycles. The lowest BCUT2D eigenvalue weighted by Gasteiger charge is -2.25. The lowest BCUT2D eigenvalue weighted by molar-refractivity contribution is -0.157. The third-order valence-electron chi connectivity index (χ3n) is 5.24. The second-order valence-corrected chi connectivity index (χ2v) is 7.57. The number of rotatable bonds is 4. The van der Waals surface area contributed by atoms with Crippen molar-refractivity contribution in [2.45, 2.75) is 50.1 Å². The first-order chi connectivity index (χ1) is 12.8. The van der Waals surface area contributed by atoms with Crippen molar-refractivity contribution in [2.24, 2.45) is 0 Å². The summed E-state index contributed by atoms with van der Waals surface area (Å²) >= 11 is 0. The van der Waals surface area contributed by atoms with Gasteiger partial charge in [0.1, 0.15) is 18.0 Å². The molecule has 27 heavy (non-hydrogen) atoms. The van der Waals surface area contributed by atoms with Crippen molar-refractivity contribution in [1.29, 1.82) is 0 Å². The van der Waals surface area contributed by atoms with Crippen LogP contribution in [0.25, 0.3) is 10.9 Å². The smallest absolute Gasteiger partial charge is 0.168 e. The number of benzene rings is 1. The van der Waals surface area contributed by atoms with Gasteiger partial charge in [-0.1, -0.05) is 30.9 Å². The molecule has 1 aromatic carbocycles. The van der Waals surface area contributed by atoms with Crippen molar-refractivity contribution in [3.8, 4) is 0 Å². The SMILES string of the molecule is C=C1O[C@H]([C@H]2COC(C)(C)O2)[C@H](O)[C@]1(O)/C=C/Cn1ccc2ccccc21. The molecule has 6 heteroatoms. The molecule has 4 rings (SSSR count). The van der Waals surface area contributed by atoms with Crippen LogP contribution in [-0.2, 0) is 20.8 Å². The summed E-state index contributed by atoms with van der Waals surface area (Å²) in [5, 5.41) is 22.8. The number of aromatic nitrogens is 1. The third kappa shape index (κ3) is 3.19. The minimum Gasteiger partial charge on any atom is -0.486 e. The molecule has 0 bridgehead atoms. The van der Waals surface area contributed by atoms with Crippen LogP contribution in [0, 0.1) is 0 Å². The van der Waals surface area contributed by atoms with E-state index in [0.29, 0.717) is 6.54 Å². The molecule has 144 valence electrons. The summed E-state index contributed by atoms with van der Waals surface area (Å²) in [5.74, 6) is -0.622. The van der Waals surface area contributed by atoms with Gasteiger partial charge in [0, 0.05) is 18.3 Å². The van der Waals surface area contributed by atoms with Gasteiger partial charge in [0.25, 0.3) is 0 Å². The first kappa shape index (κ1) is 18.3. The molecule has 0 saturated carbocycles. The summed E-state index contributed by atoms with van der Waals surface area (Å²) in [6, 6.07) is 10.1. The highest BCUT2D eigenvalue weighted by Crippen LogP contribution is 2.39. The number of fused-ring (bicyclic) bond motifs is 1. The fraction of sp³-hybridized carbons (Fsp3) is 0.429. The molecule has 0 amide bonds. The molecule has 2 fully saturated rings. The molecule has 4 atom stereocenters. The maximum absolute atomic E-state index is 11.0. The Kier molecular flexibility index (Phi) is 4.39. The molecule has 1 aromatic heterocycles. The van der Waals surface area contributed by atoms with Crippen LogP contribution in [0.4, 0.5) is 0 Å². The minimum absolute atomic E-state index is 0.113. The highest BCUT2D eigenvalue weighted by atomic mass is 16.8. The molecule has 0 unspecified atom stereocenters. The fourth-order valence-corrected chi connectivity index (χ4v) is 3.73. The van der Waals surface area contributed by atoms with E-state index in [0.717, 1.165) is 10.9 Å². The van der Waals surface area contributed by atoms with E-state index in [9.17, 15) is 10.2 Å². The number of hydrogen-bond acceptors (Lipinski definition) is 5. The predicted molar refractivity (Wildman–Crippen MR) is 101 cm³/mol. The number of para-hydroxylation sites is 1. The lowest BCUT2D eigenvalue weighted by atomic mass is 9.92. The van der Waals surface area contributed by atoms with Gasteiger partial charge in [-0.15, -0.1) is 0 Å². The maximum Gasteiger partial charge on any atom is 0.168 e. The van der Waals surface area contributed by atoms with Crippen molar-refractivity contribution in [3.63, 3.8) is 0 Å². The van der Waals surface area contributed by atoms with Crippen LogP contribution in [0.3, 0.4) is 0 Å². The Bertz CT molecular complexity index is 886. The van der Waals surface area contributed by atoms with E-state index in [2.05, 4.69) is 17.2 Å². The predicted octanol–water partition coefficient (Wildman–Crippen LogP) is 2.35. The Labute approximate surface area is 158 Å². The third-order valence-corrected chi connectivity index (χ3v) is 5.24. The Morgan fingerprint density at radius 3 is 2.81 bits per heavy atom. The maximum atomic E-state index is 11.0. The highest BCUT2D eigenvalue weighted by molar-refractivity contribution is 5.79. The molecule has 2 aromatic rings.